The number of anilines is 1. The topological polar surface area (TPSA) is 65.4 Å². The van der Waals surface area contributed by atoms with Gasteiger partial charge in [0.1, 0.15) is 5.75 Å². The number of nitrogens with one attached hydrogen (secondary N) is 1. The van der Waals surface area contributed by atoms with Gasteiger partial charge in [-0.25, -0.2) is 4.98 Å². The molecule has 3 aromatic rings. The van der Waals surface area contributed by atoms with Crippen LogP contribution in [-0.4, -0.2) is 42.0 Å². The van der Waals surface area contributed by atoms with Gasteiger partial charge in [-0.1, -0.05) is 35.5 Å². The number of ether oxygens (including phenoxy) is 2. The number of hydrogen-bond acceptors (Lipinski definition) is 5. The molecule has 142 valence electrons. The molecule has 6 nitrogen and oxygen atoms in total. The van der Waals surface area contributed by atoms with E-state index < -0.39 is 0 Å². The van der Waals surface area contributed by atoms with Crippen LogP contribution in [0.25, 0.3) is 11.0 Å². The largest absolute Gasteiger partial charge is 0.495 e. The molecule has 2 aromatic carbocycles. The lowest BCUT2D eigenvalue weighted by molar-refractivity contribution is -0.113. The van der Waals surface area contributed by atoms with Crippen molar-refractivity contribution in [2.75, 3.05) is 31.9 Å². The van der Waals surface area contributed by atoms with Gasteiger partial charge in [0.25, 0.3) is 0 Å². The Hall–Kier alpha value is -2.22. The fourth-order valence-corrected chi connectivity index (χ4v) is 3.67. The van der Waals surface area contributed by atoms with Crippen molar-refractivity contribution in [1.29, 1.82) is 0 Å². The number of carbonyl (C=O) groups is 1. The van der Waals surface area contributed by atoms with E-state index in [2.05, 4.69) is 14.9 Å². The predicted octanol–water partition coefficient (Wildman–Crippen LogP) is 4.08. The quantitative estimate of drug-likeness (QED) is 0.572. The summed E-state index contributed by atoms with van der Waals surface area (Å²) in [7, 11) is 3.21. The summed E-state index contributed by atoms with van der Waals surface area (Å²) >= 11 is 7.39. The Morgan fingerprint density at radius 1 is 1.26 bits per heavy atom. The van der Waals surface area contributed by atoms with Crippen LogP contribution < -0.4 is 10.1 Å². The van der Waals surface area contributed by atoms with Crippen LogP contribution in [0.2, 0.25) is 5.02 Å². The van der Waals surface area contributed by atoms with Gasteiger partial charge in [0.15, 0.2) is 5.16 Å². The van der Waals surface area contributed by atoms with Crippen LogP contribution in [-0.2, 0) is 16.1 Å². The van der Waals surface area contributed by atoms with E-state index in [1.807, 2.05) is 24.3 Å². The maximum atomic E-state index is 12.4. The molecule has 1 heterocycles. The Balaban J connectivity index is 1.73. The van der Waals surface area contributed by atoms with Crippen molar-refractivity contribution >= 4 is 46.0 Å². The van der Waals surface area contributed by atoms with Gasteiger partial charge in [0.05, 0.1) is 36.2 Å². The van der Waals surface area contributed by atoms with Gasteiger partial charge in [0.2, 0.25) is 5.91 Å². The molecule has 27 heavy (non-hydrogen) atoms. The van der Waals surface area contributed by atoms with E-state index >= 15 is 0 Å². The fraction of sp³-hybridized carbons (Fsp3) is 0.263. The molecule has 0 aliphatic carbocycles. The highest BCUT2D eigenvalue weighted by atomic mass is 35.5. The molecule has 0 saturated heterocycles. The van der Waals surface area contributed by atoms with E-state index in [9.17, 15) is 4.79 Å². The first-order valence-corrected chi connectivity index (χ1v) is 9.69. The number of halogens is 1. The number of amides is 1. The van der Waals surface area contributed by atoms with Gasteiger partial charge in [-0.05, 0) is 30.3 Å². The zero-order valence-electron chi connectivity index (χ0n) is 15.1. The average molecular weight is 406 g/mol. The molecule has 0 spiro atoms. The Bertz CT molecular complexity index is 945. The van der Waals surface area contributed by atoms with Gasteiger partial charge >= 0.3 is 0 Å². The minimum atomic E-state index is -0.161. The molecule has 0 atom stereocenters. The van der Waals surface area contributed by atoms with E-state index in [0.717, 1.165) is 16.2 Å². The number of para-hydroxylation sites is 2. The third-order valence-corrected chi connectivity index (χ3v) is 5.12. The van der Waals surface area contributed by atoms with Crippen LogP contribution in [0.3, 0.4) is 0 Å². The first-order valence-electron chi connectivity index (χ1n) is 8.32. The molecule has 3 rings (SSSR count). The summed E-state index contributed by atoms with van der Waals surface area (Å²) < 4.78 is 12.5. The van der Waals surface area contributed by atoms with Crippen molar-refractivity contribution in [3.05, 3.63) is 47.5 Å². The fourth-order valence-electron chi connectivity index (χ4n) is 2.66. The highest BCUT2D eigenvalue weighted by Crippen LogP contribution is 2.28. The summed E-state index contributed by atoms with van der Waals surface area (Å²) in [5.41, 5.74) is 2.46. The lowest BCUT2D eigenvalue weighted by Gasteiger charge is -2.11. The second-order valence-electron chi connectivity index (χ2n) is 5.71. The molecular weight excluding hydrogens is 386 g/mol. The summed E-state index contributed by atoms with van der Waals surface area (Å²) in [4.78, 5) is 17.1. The van der Waals surface area contributed by atoms with Gasteiger partial charge in [-0.2, -0.15) is 0 Å². The molecule has 8 heteroatoms. The summed E-state index contributed by atoms with van der Waals surface area (Å²) in [6.45, 7) is 1.24. The molecule has 1 N–H and O–H groups in total. The molecule has 0 fully saturated rings. The molecule has 0 radical (unpaired) electrons. The van der Waals surface area contributed by atoms with Gasteiger partial charge in [-0.15, -0.1) is 0 Å². The highest BCUT2D eigenvalue weighted by Gasteiger charge is 2.14. The summed E-state index contributed by atoms with van der Waals surface area (Å²) in [6.07, 6.45) is 0. The van der Waals surface area contributed by atoms with E-state index in [0.29, 0.717) is 29.6 Å². The molecular formula is C19H20ClN3O3S. The van der Waals surface area contributed by atoms with Crippen LogP contribution in [0, 0.1) is 0 Å². The number of imidazole rings is 1. The summed E-state index contributed by atoms with van der Waals surface area (Å²) in [5, 5.41) is 4.14. The lowest BCUT2D eigenvalue weighted by atomic mass is 10.3. The zero-order chi connectivity index (χ0) is 19.2. The van der Waals surface area contributed by atoms with Crippen molar-refractivity contribution in [3.63, 3.8) is 0 Å². The molecule has 1 amide bonds. The van der Waals surface area contributed by atoms with E-state index in [1.165, 1.54) is 11.8 Å². The highest BCUT2D eigenvalue weighted by molar-refractivity contribution is 7.99. The Kier molecular flexibility index (Phi) is 6.60. The number of fused-ring (bicyclic) bond motifs is 1. The smallest absolute Gasteiger partial charge is 0.234 e. The minimum Gasteiger partial charge on any atom is -0.495 e. The zero-order valence-corrected chi connectivity index (χ0v) is 16.6. The summed E-state index contributed by atoms with van der Waals surface area (Å²) in [5.74, 6) is 0.613. The minimum absolute atomic E-state index is 0.161. The monoisotopic (exact) mass is 405 g/mol. The molecule has 0 aliphatic rings. The van der Waals surface area contributed by atoms with Gasteiger partial charge in [-0.3, -0.25) is 4.79 Å². The predicted molar refractivity (Wildman–Crippen MR) is 109 cm³/mol. The number of nitrogens with zero attached hydrogens (tertiary/aromatic N) is 2. The number of hydrogen-bond donors (Lipinski definition) is 1. The van der Waals surface area contributed by atoms with Crippen LogP contribution in [0.1, 0.15) is 0 Å². The molecule has 0 unspecified atom stereocenters. The molecule has 0 aliphatic heterocycles. The lowest BCUT2D eigenvalue weighted by Crippen LogP contribution is -2.15. The van der Waals surface area contributed by atoms with Crippen LogP contribution in [0.5, 0.6) is 5.75 Å². The van der Waals surface area contributed by atoms with Crippen molar-refractivity contribution in [2.24, 2.45) is 0 Å². The van der Waals surface area contributed by atoms with E-state index in [-0.39, 0.29) is 11.7 Å². The first kappa shape index (κ1) is 19.5. The third kappa shape index (κ3) is 4.74. The maximum absolute atomic E-state index is 12.4. The van der Waals surface area contributed by atoms with Crippen LogP contribution >= 0.6 is 23.4 Å². The first-order chi connectivity index (χ1) is 13.1. The van der Waals surface area contributed by atoms with Crippen LogP contribution in [0.15, 0.2) is 47.6 Å². The normalized spacial score (nSPS) is 10.9. The number of rotatable bonds is 8. The Morgan fingerprint density at radius 2 is 2.07 bits per heavy atom. The number of aromatic nitrogens is 2. The number of methoxy groups -OCH3 is 2. The van der Waals surface area contributed by atoms with Gasteiger partial charge in [0, 0.05) is 18.7 Å². The van der Waals surface area contributed by atoms with E-state index in [4.69, 9.17) is 21.1 Å². The number of thioether (sulfide) groups is 1. The maximum Gasteiger partial charge on any atom is 0.234 e. The number of carbonyl (C=O) groups excluding carboxylic acids is 1. The van der Waals surface area contributed by atoms with Crippen molar-refractivity contribution in [3.8, 4) is 5.75 Å². The molecule has 1 aromatic heterocycles. The molecule has 0 bridgehead atoms. The SMILES string of the molecule is COCCn1c(SCC(=O)Nc2cc(Cl)ccc2OC)nc2ccccc21. The van der Waals surface area contributed by atoms with Crippen molar-refractivity contribution < 1.29 is 14.3 Å². The average Bonchev–Trinajstić information content (AvgIpc) is 3.02. The standard InChI is InChI=1S/C19H20ClN3O3S/c1-25-10-9-23-16-6-4-3-5-14(16)22-19(23)27-12-18(24)21-15-11-13(20)7-8-17(15)26-2/h3-8,11H,9-10,12H2,1-2H3,(H,21,24). The molecule has 0 saturated carbocycles. The third-order valence-electron chi connectivity index (χ3n) is 3.91. The Morgan fingerprint density at radius 3 is 2.85 bits per heavy atom. The van der Waals surface area contributed by atoms with Crippen molar-refractivity contribution in [2.45, 2.75) is 11.7 Å². The van der Waals surface area contributed by atoms with E-state index in [1.54, 1.807) is 32.4 Å². The summed E-state index contributed by atoms with van der Waals surface area (Å²) in [6, 6.07) is 13.0. The second-order valence-corrected chi connectivity index (χ2v) is 7.09. The van der Waals surface area contributed by atoms with Crippen molar-refractivity contribution in [1.82, 2.24) is 9.55 Å². The van der Waals surface area contributed by atoms with Crippen LogP contribution in [0.4, 0.5) is 5.69 Å². The number of benzene rings is 2. The Labute approximate surface area is 166 Å². The second kappa shape index (κ2) is 9.12. The van der Waals surface area contributed by atoms with Gasteiger partial charge < -0.3 is 19.4 Å².